The quantitative estimate of drug-likeness (QED) is 0.480. The van der Waals surface area contributed by atoms with Gasteiger partial charge < -0.3 is 10.6 Å². The lowest BCUT2D eigenvalue weighted by atomic mass is 10.0. The lowest BCUT2D eigenvalue weighted by molar-refractivity contribution is -0.119. The van der Waals surface area contributed by atoms with Gasteiger partial charge >= 0.3 is 0 Å². The van der Waals surface area contributed by atoms with Gasteiger partial charge in [0.1, 0.15) is 0 Å². The molecule has 1 amide bonds. The van der Waals surface area contributed by atoms with Crippen molar-refractivity contribution in [3.8, 4) is 11.1 Å². The predicted octanol–water partition coefficient (Wildman–Crippen LogP) is 3.91. The number of pyridine rings is 1. The molecule has 0 saturated carbocycles. The largest absolute Gasteiger partial charge is 0.375 e. The third-order valence-corrected chi connectivity index (χ3v) is 4.61. The number of benzene rings is 2. The molecule has 2 aromatic carbocycles. The molecule has 1 atom stereocenters. The maximum Gasteiger partial charge on any atom is 0.216 e. The Morgan fingerprint density at radius 2 is 1.89 bits per heavy atom. The number of hydrogen-bond donors (Lipinski definition) is 3. The average Bonchev–Trinajstić information content (AvgIpc) is 3.20. The van der Waals surface area contributed by atoms with Crippen LogP contribution in [0.4, 0.5) is 5.69 Å². The Labute approximate surface area is 163 Å². The summed E-state index contributed by atoms with van der Waals surface area (Å²) in [5.74, 6) is -0.0528. The van der Waals surface area contributed by atoms with Gasteiger partial charge in [0.2, 0.25) is 5.91 Å². The van der Waals surface area contributed by atoms with Gasteiger partial charge in [-0.15, -0.1) is 0 Å². The fourth-order valence-electron chi connectivity index (χ4n) is 3.18. The number of nitrogens with zero attached hydrogens (tertiary/aromatic N) is 2. The van der Waals surface area contributed by atoms with E-state index < -0.39 is 0 Å². The minimum atomic E-state index is -0.0569. The molecule has 0 spiro atoms. The topological polar surface area (TPSA) is 82.7 Å². The van der Waals surface area contributed by atoms with Crippen molar-refractivity contribution in [3.05, 3.63) is 78.8 Å². The van der Waals surface area contributed by atoms with Crippen molar-refractivity contribution < 1.29 is 4.79 Å². The number of nitrogens with one attached hydrogen (secondary N) is 3. The van der Waals surface area contributed by atoms with Crippen LogP contribution >= 0.6 is 0 Å². The molecule has 4 aromatic rings. The molecule has 0 fully saturated rings. The number of H-pyrrole nitrogens is 1. The number of anilines is 1. The number of aromatic amines is 1. The van der Waals surface area contributed by atoms with Crippen LogP contribution < -0.4 is 10.6 Å². The summed E-state index contributed by atoms with van der Waals surface area (Å²) in [7, 11) is 0. The van der Waals surface area contributed by atoms with Crippen molar-refractivity contribution in [1.82, 2.24) is 20.5 Å². The second kappa shape index (κ2) is 7.92. The van der Waals surface area contributed by atoms with E-state index in [2.05, 4.69) is 37.9 Å². The van der Waals surface area contributed by atoms with Crippen molar-refractivity contribution in [2.75, 3.05) is 11.9 Å². The van der Waals surface area contributed by atoms with E-state index in [1.165, 1.54) is 6.92 Å². The smallest absolute Gasteiger partial charge is 0.216 e. The molecule has 6 heteroatoms. The van der Waals surface area contributed by atoms with Crippen molar-refractivity contribution >= 4 is 22.5 Å². The molecule has 3 N–H and O–H groups in total. The molecule has 140 valence electrons. The highest BCUT2D eigenvalue weighted by atomic mass is 16.1. The highest BCUT2D eigenvalue weighted by molar-refractivity contribution is 5.84. The van der Waals surface area contributed by atoms with Gasteiger partial charge in [0.15, 0.2) is 0 Å². The molecule has 28 heavy (non-hydrogen) atoms. The summed E-state index contributed by atoms with van der Waals surface area (Å²) in [4.78, 5) is 15.8. The van der Waals surface area contributed by atoms with Gasteiger partial charge in [-0.25, -0.2) is 0 Å². The minimum Gasteiger partial charge on any atom is -0.375 e. The van der Waals surface area contributed by atoms with E-state index in [4.69, 9.17) is 0 Å². The van der Waals surface area contributed by atoms with E-state index >= 15 is 0 Å². The zero-order valence-electron chi connectivity index (χ0n) is 15.5. The number of aromatic nitrogens is 3. The zero-order valence-corrected chi connectivity index (χ0v) is 15.5. The molecule has 0 aliphatic rings. The summed E-state index contributed by atoms with van der Waals surface area (Å²) < 4.78 is 0. The number of carbonyl (C=O) groups excluding carboxylic acids is 1. The number of amides is 1. The SMILES string of the molecule is CC(=O)NC[C@@H](Nc1cncc(-c2ccc3[nH]ncc3c2)c1)c1ccccc1. The Morgan fingerprint density at radius 1 is 1.04 bits per heavy atom. The first-order valence-electron chi connectivity index (χ1n) is 9.13. The van der Waals surface area contributed by atoms with Crippen LogP contribution in [0.25, 0.3) is 22.0 Å². The second-order valence-electron chi connectivity index (χ2n) is 6.68. The van der Waals surface area contributed by atoms with Gasteiger partial charge in [-0.05, 0) is 29.3 Å². The summed E-state index contributed by atoms with van der Waals surface area (Å²) >= 11 is 0. The molecule has 6 nitrogen and oxygen atoms in total. The highest BCUT2D eigenvalue weighted by Crippen LogP contribution is 2.26. The molecule has 2 heterocycles. The number of rotatable bonds is 6. The van der Waals surface area contributed by atoms with Crippen LogP contribution in [0, 0.1) is 0 Å². The Morgan fingerprint density at radius 3 is 2.71 bits per heavy atom. The van der Waals surface area contributed by atoms with E-state index in [1.54, 1.807) is 6.20 Å². The molecule has 0 saturated heterocycles. The molecule has 2 aromatic heterocycles. The van der Waals surface area contributed by atoms with Crippen molar-refractivity contribution in [1.29, 1.82) is 0 Å². The third kappa shape index (κ3) is 4.01. The van der Waals surface area contributed by atoms with Gasteiger partial charge in [0, 0.05) is 36.8 Å². The first kappa shape index (κ1) is 17.7. The molecule has 0 aliphatic heterocycles. The first-order chi connectivity index (χ1) is 13.7. The molecular weight excluding hydrogens is 350 g/mol. The molecule has 0 unspecified atom stereocenters. The fraction of sp³-hybridized carbons (Fsp3) is 0.136. The number of carbonyl (C=O) groups is 1. The van der Waals surface area contributed by atoms with E-state index in [-0.39, 0.29) is 11.9 Å². The van der Waals surface area contributed by atoms with E-state index in [0.717, 1.165) is 33.3 Å². The molecule has 0 radical (unpaired) electrons. The maximum absolute atomic E-state index is 11.4. The van der Waals surface area contributed by atoms with E-state index in [0.29, 0.717) is 6.54 Å². The first-order valence-corrected chi connectivity index (χ1v) is 9.13. The molecular formula is C22H21N5O. The Hall–Kier alpha value is -3.67. The average molecular weight is 371 g/mol. The summed E-state index contributed by atoms with van der Waals surface area (Å²) in [5.41, 5.74) is 5.08. The summed E-state index contributed by atoms with van der Waals surface area (Å²) in [5, 5.41) is 14.5. The van der Waals surface area contributed by atoms with Gasteiger partial charge in [0.25, 0.3) is 0 Å². The monoisotopic (exact) mass is 371 g/mol. The Balaban J connectivity index is 1.60. The minimum absolute atomic E-state index is 0.0528. The normalized spacial score (nSPS) is 11.9. The molecule has 0 bridgehead atoms. The van der Waals surface area contributed by atoms with Crippen LogP contribution in [-0.2, 0) is 4.79 Å². The van der Waals surface area contributed by atoms with Crippen LogP contribution in [0.5, 0.6) is 0 Å². The highest BCUT2D eigenvalue weighted by Gasteiger charge is 2.12. The lowest BCUT2D eigenvalue weighted by Crippen LogP contribution is -2.29. The summed E-state index contributed by atoms with van der Waals surface area (Å²) in [6.07, 6.45) is 5.45. The van der Waals surface area contributed by atoms with Crippen LogP contribution in [0.15, 0.2) is 73.2 Å². The second-order valence-corrected chi connectivity index (χ2v) is 6.68. The van der Waals surface area contributed by atoms with E-state index in [9.17, 15) is 4.79 Å². The van der Waals surface area contributed by atoms with Crippen LogP contribution in [0.3, 0.4) is 0 Å². The van der Waals surface area contributed by atoms with Crippen molar-refractivity contribution in [2.24, 2.45) is 0 Å². The van der Waals surface area contributed by atoms with Gasteiger partial charge in [0.05, 0.1) is 23.4 Å². The zero-order chi connectivity index (χ0) is 19.3. The van der Waals surface area contributed by atoms with Crippen molar-refractivity contribution in [2.45, 2.75) is 13.0 Å². The number of hydrogen-bond acceptors (Lipinski definition) is 4. The summed E-state index contributed by atoms with van der Waals surface area (Å²) in [6.45, 7) is 2.01. The maximum atomic E-state index is 11.4. The lowest BCUT2D eigenvalue weighted by Gasteiger charge is -2.21. The van der Waals surface area contributed by atoms with Crippen molar-refractivity contribution in [3.63, 3.8) is 0 Å². The number of fused-ring (bicyclic) bond motifs is 1. The van der Waals surface area contributed by atoms with Gasteiger partial charge in [-0.1, -0.05) is 36.4 Å². The molecule has 0 aliphatic carbocycles. The van der Waals surface area contributed by atoms with Crippen LogP contribution in [-0.4, -0.2) is 27.6 Å². The predicted molar refractivity (Wildman–Crippen MR) is 111 cm³/mol. The van der Waals surface area contributed by atoms with Gasteiger partial charge in [-0.3, -0.25) is 14.9 Å². The Kier molecular flexibility index (Phi) is 5.01. The third-order valence-electron chi connectivity index (χ3n) is 4.61. The van der Waals surface area contributed by atoms with Crippen LogP contribution in [0.2, 0.25) is 0 Å². The Bertz CT molecular complexity index is 1090. The standard InChI is InChI=1S/C22H21N5O/c1-15(28)24-14-22(16-5-3-2-4-6-16)26-20-10-18(11-23-13-20)17-7-8-21-19(9-17)12-25-27-21/h2-13,22,26H,14H2,1H3,(H,24,28)(H,25,27)/t22-/m1/s1. The fourth-order valence-corrected chi connectivity index (χ4v) is 3.18. The summed E-state index contributed by atoms with van der Waals surface area (Å²) in [6, 6.07) is 18.2. The van der Waals surface area contributed by atoms with Crippen LogP contribution in [0.1, 0.15) is 18.5 Å². The molecule has 4 rings (SSSR count). The van der Waals surface area contributed by atoms with Gasteiger partial charge in [-0.2, -0.15) is 5.10 Å². The van der Waals surface area contributed by atoms with E-state index in [1.807, 2.05) is 54.9 Å².